The average molecular weight is 429 g/mol. The molecule has 0 spiro atoms. The fourth-order valence-corrected chi connectivity index (χ4v) is 5.31. The van der Waals surface area contributed by atoms with Crippen molar-refractivity contribution in [3.05, 3.63) is 28.8 Å². The van der Waals surface area contributed by atoms with Gasteiger partial charge in [-0.05, 0) is 26.7 Å². The van der Waals surface area contributed by atoms with Gasteiger partial charge in [-0.1, -0.05) is 11.6 Å². The zero-order valence-electron chi connectivity index (χ0n) is 16.2. The number of nitrogens with zero attached hydrogens (tertiary/aromatic N) is 5. The maximum Gasteiger partial charge on any atom is 0.246 e. The van der Waals surface area contributed by atoms with Crippen LogP contribution in [0, 0.1) is 12.8 Å². The Morgan fingerprint density at radius 1 is 1.36 bits per heavy atom. The highest BCUT2D eigenvalue weighted by molar-refractivity contribution is 7.89. The zero-order chi connectivity index (χ0) is 20.5. The first-order valence-corrected chi connectivity index (χ1v) is 11.0. The molecule has 0 saturated carbocycles. The Hall–Kier alpha value is -1.91. The van der Waals surface area contributed by atoms with Gasteiger partial charge >= 0.3 is 0 Å². The molecule has 9 nitrogen and oxygen atoms in total. The van der Waals surface area contributed by atoms with E-state index in [1.807, 2.05) is 6.92 Å². The SMILES string of the molecule is CCn1ncc(Cl)c1CNC(=O)[C@H]1CCCN(S(=O)(=O)c2cnn(C)c2C)C1. The van der Waals surface area contributed by atoms with Crippen molar-refractivity contribution in [2.45, 2.75) is 44.7 Å². The number of aromatic nitrogens is 4. The van der Waals surface area contributed by atoms with Gasteiger partial charge in [0.1, 0.15) is 4.90 Å². The monoisotopic (exact) mass is 428 g/mol. The first kappa shape index (κ1) is 20.8. The van der Waals surface area contributed by atoms with Crippen molar-refractivity contribution in [1.82, 2.24) is 29.2 Å². The van der Waals surface area contributed by atoms with Gasteiger partial charge in [0.05, 0.1) is 41.3 Å². The number of rotatable bonds is 6. The Morgan fingerprint density at radius 3 is 2.75 bits per heavy atom. The molecular weight excluding hydrogens is 404 g/mol. The number of halogens is 1. The minimum absolute atomic E-state index is 0.156. The van der Waals surface area contributed by atoms with Crippen LogP contribution in [0.1, 0.15) is 31.2 Å². The fraction of sp³-hybridized carbons (Fsp3) is 0.588. The first-order chi connectivity index (χ1) is 13.3. The lowest BCUT2D eigenvalue weighted by Crippen LogP contribution is -2.45. The van der Waals surface area contributed by atoms with Gasteiger partial charge < -0.3 is 5.32 Å². The normalized spacial score (nSPS) is 18.4. The van der Waals surface area contributed by atoms with Crippen LogP contribution in [0.15, 0.2) is 17.3 Å². The molecule has 0 radical (unpaired) electrons. The molecule has 154 valence electrons. The van der Waals surface area contributed by atoms with Gasteiger partial charge in [-0.15, -0.1) is 0 Å². The molecule has 3 rings (SSSR count). The number of hydrogen-bond donors (Lipinski definition) is 1. The van der Waals surface area contributed by atoms with Crippen molar-refractivity contribution in [2.75, 3.05) is 13.1 Å². The van der Waals surface area contributed by atoms with Crippen LogP contribution in [-0.2, 0) is 35.0 Å². The average Bonchev–Trinajstić information content (AvgIpc) is 3.22. The molecule has 1 aliphatic heterocycles. The number of nitrogens with one attached hydrogen (secondary N) is 1. The van der Waals surface area contributed by atoms with Crippen molar-refractivity contribution in [2.24, 2.45) is 13.0 Å². The molecule has 1 N–H and O–H groups in total. The van der Waals surface area contributed by atoms with E-state index in [4.69, 9.17) is 11.6 Å². The maximum atomic E-state index is 13.0. The topological polar surface area (TPSA) is 102 Å². The molecule has 1 fully saturated rings. The number of piperidine rings is 1. The van der Waals surface area contributed by atoms with Crippen molar-refractivity contribution in [3.63, 3.8) is 0 Å². The molecule has 1 aliphatic rings. The van der Waals surface area contributed by atoms with E-state index in [0.717, 1.165) is 5.69 Å². The molecule has 1 amide bonds. The molecule has 2 aromatic heterocycles. The third kappa shape index (κ3) is 3.94. The van der Waals surface area contributed by atoms with E-state index >= 15 is 0 Å². The highest BCUT2D eigenvalue weighted by atomic mass is 35.5. The lowest BCUT2D eigenvalue weighted by atomic mass is 9.99. The highest BCUT2D eigenvalue weighted by Crippen LogP contribution is 2.25. The van der Waals surface area contributed by atoms with E-state index < -0.39 is 15.9 Å². The van der Waals surface area contributed by atoms with Gasteiger partial charge in [-0.3, -0.25) is 14.2 Å². The second-order valence-electron chi connectivity index (χ2n) is 6.89. The number of aryl methyl sites for hydroxylation is 2. The molecule has 0 unspecified atom stereocenters. The summed E-state index contributed by atoms with van der Waals surface area (Å²) in [4.78, 5) is 12.9. The van der Waals surface area contributed by atoms with Gasteiger partial charge in [-0.25, -0.2) is 8.42 Å². The first-order valence-electron chi connectivity index (χ1n) is 9.22. The van der Waals surface area contributed by atoms with E-state index in [2.05, 4.69) is 15.5 Å². The lowest BCUT2D eigenvalue weighted by molar-refractivity contribution is -0.126. The Balaban J connectivity index is 1.68. The summed E-state index contributed by atoms with van der Waals surface area (Å²) in [6.07, 6.45) is 4.19. The van der Waals surface area contributed by atoms with Crippen molar-refractivity contribution < 1.29 is 13.2 Å². The molecular formula is C17H25ClN6O3S. The van der Waals surface area contributed by atoms with Gasteiger partial charge in [0, 0.05) is 26.7 Å². The van der Waals surface area contributed by atoms with E-state index in [0.29, 0.717) is 36.6 Å². The summed E-state index contributed by atoms with van der Waals surface area (Å²) in [5, 5.41) is 11.6. The molecule has 11 heteroatoms. The third-order valence-electron chi connectivity index (χ3n) is 5.19. The molecule has 0 bridgehead atoms. The molecule has 0 aliphatic carbocycles. The Kier molecular flexibility index (Phi) is 6.11. The Bertz CT molecular complexity index is 968. The standard InChI is InChI=1S/C17H25ClN6O3S/c1-4-24-15(14(18)8-21-24)9-19-17(25)13-6-5-7-23(11-13)28(26,27)16-10-20-22(3)12(16)2/h8,10,13H,4-7,9,11H2,1-3H3,(H,19,25)/t13-/m0/s1. The van der Waals surface area contributed by atoms with E-state index in [1.54, 1.807) is 24.9 Å². The predicted molar refractivity (Wildman–Crippen MR) is 104 cm³/mol. The predicted octanol–water partition coefficient (Wildman–Crippen LogP) is 1.32. The number of amides is 1. The maximum absolute atomic E-state index is 13.0. The van der Waals surface area contributed by atoms with Crippen LogP contribution in [0.5, 0.6) is 0 Å². The van der Waals surface area contributed by atoms with Gasteiger partial charge in [0.25, 0.3) is 0 Å². The van der Waals surface area contributed by atoms with Crippen molar-refractivity contribution in [1.29, 1.82) is 0 Å². The number of sulfonamides is 1. The number of carbonyl (C=O) groups is 1. The summed E-state index contributed by atoms with van der Waals surface area (Å²) < 4.78 is 30.6. The van der Waals surface area contributed by atoms with Gasteiger partial charge in [0.15, 0.2) is 0 Å². The van der Waals surface area contributed by atoms with Crippen LogP contribution >= 0.6 is 11.6 Å². The van der Waals surface area contributed by atoms with E-state index in [9.17, 15) is 13.2 Å². The van der Waals surface area contributed by atoms with Crippen molar-refractivity contribution >= 4 is 27.5 Å². The number of hydrogen-bond acceptors (Lipinski definition) is 5. The highest BCUT2D eigenvalue weighted by Gasteiger charge is 2.35. The van der Waals surface area contributed by atoms with Crippen LogP contribution in [-0.4, -0.2) is 51.3 Å². The second kappa shape index (κ2) is 8.22. The molecule has 28 heavy (non-hydrogen) atoms. The summed E-state index contributed by atoms with van der Waals surface area (Å²) in [6, 6.07) is 0. The fourth-order valence-electron chi connectivity index (χ4n) is 3.40. The Labute approximate surface area is 169 Å². The Morgan fingerprint density at radius 2 is 2.11 bits per heavy atom. The largest absolute Gasteiger partial charge is 0.350 e. The smallest absolute Gasteiger partial charge is 0.246 e. The van der Waals surface area contributed by atoms with Crippen LogP contribution < -0.4 is 5.32 Å². The molecule has 1 saturated heterocycles. The summed E-state index contributed by atoms with van der Waals surface area (Å²) in [5.41, 5.74) is 1.32. The zero-order valence-corrected chi connectivity index (χ0v) is 17.8. The summed E-state index contributed by atoms with van der Waals surface area (Å²) in [5.74, 6) is -0.583. The van der Waals surface area contributed by atoms with Crippen LogP contribution in [0.2, 0.25) is 5.02 Å². The van der Waals surface area contributed by atoms with Crippen LogP contribution in [0.25, 0.3) is 0 Å². The molecule has 2 aromatic rings. The summed E-state index contributed by atoms with van der Waals surface area (Å²) in [7, 11) is -1.98. The van der Waals surface area contributed by atoms with E-state index in [-0.39, 0.29) is 23.9 Å². The minimum Gasteiger partial charge on any atom is -0.350 e. The van der Waals surface area contributed by atoms with Gasteiger partial charge in [-0.2, -0.15) is 14.5 Å². The molecule has 1 atom stereocenters. The lowest BCUT2D eigenvalue weighted by Gasteiger charge is -2.31. The minimum atomic E-state index is -3.68. The van der Waals surface area contributed by atoms with E-state index in [1.165, 1.54) is 15.2 Å². The summed E-state index contributed by atoms with van der Waals surface area (Å²) in [6.45, 7) is 5.13. The quantitative estimate of drug-likeness (QED) is 0.747. The van der Waals surface area contributed by atoms with Crippen molar-refractivity contribution in [3.8, 4) is 0 Å². The van der Waals surface area contributed by atoms with Gasteiger partial charge in [0.2, 0.25) is 15.9 Å². The van der Waals surface area contributed by atoms with Crippen LogP contribution in [0.4, 0.5) is 0 Å². The third-order valence-corrected chi connectivity index (χ3v) is 7.47. The summed E-state index contributed by atoms with van der Waals surface area (Å²) >= 11 is 6.13. The second-order valence-corrected chi connectivity index (χ2v) is 9.21. The van der Waals surface area contributed by atoms with Crippen LogP contribution in [0.3, 0.4) is 0 Å². The number of carbonyl (C=O) groups excluding carboxylic acids is 1. The molecule has 0 aromatic carbocycles. The molecule has 3 heterocycles.